The van der Waals surface area contributed by atoms with Gasteiger partial charge in [-0.3, -0.25) is 9.80 Å². The summed E-state index contributed by atoms with van der Waals surface area (Å²) in [6.45, 7) is 5.01. The molecule has 0 radical (unpaired) electrons. The summed E-state index contributed by atoms with van der Waals surface area (Å²) in [4.78, 5) is 4.88. The van der Waals surface area contributed by atoms with E-state index in [9.17, 15) is 5.11 Å². The van der Waals surface area contributed by atoms with Crippen molar-refractivity contribution in [2.45, 2.75) is 25.6 Å². The van der Waals surface area contributed by atoms with E-state index in [1.165, 1.54) is 5.56 Å². The minimum Gasteiger partial charge on any atom is -0.454 e. The van der Waals surface area contributed by atoms with Crippen LogP contribution < -0.4 is 9.47 Å². The average molecular weight is 389 g/mol. The largest absolute Gasteiger partial charge is 0.454 e. The lowest BCUT2D eigenvalue weighted by Crippen LogP contribution is -2.52. The van der Waals surface area contributed by atoms with E-state index in [-0.39, 0.29) is 13.4 Å². The van der Waals surface area contributed by atoms with Crippen LogP contribution in [0.2, 0.25) is 5.02 Å². The summed E-state index contributed by atoms with van der Waals surface area (Å²) < 4.78 is 10.9. The van der Waals surface area contributed by atoms with E-state index in [4.69, 9.17) is 21.1 Å². The minimum absolute atomic E-state index is 0.203. The van der Waals surface area contributed by atoms with Crippen molar-refractivity contribution in [1.29, 1.82) is 0 Å². The number of hydrogen-bond donors (Lipinski definition) is 1. The molecule has 2 aliphatic rings. The van der Waals surface area contributed by atoms with Crippen molar-refractivity contribution >= 4 is 11.6 Å². The second kappa shape index (κ2) is 8.48. The fraction of sp³-hybridized carbons (Fsp3) is 0.429. The molecule has 2 heterocycles. The fourth-order valence-electron chi connectivity index (χ4n) is 3.87. The number of benzene rings is 2. The molecule has 1 atom stereocenters. The Morgan fingerprint density at radius 3 is 2.59 bits per heavy atom. The third-order valence-corrected chi connectivity index (χ3v) is 5.67. The first-order valence-electron chi connectivity index (χ1n) is 9.42. The van der Waals surface area contributed by atoms with Crippen molar-refractivity contribution in [2.24, 2.45) is 0 Å². The number of halogens is 1. The van der Waals surface area contributed by atoms with Crippen molar-refractivity contribution in [2.75, 3.05) is 33.0 Å². The Kier molecular flexibility index (Phi) is 5.83. The number of hydrogen-bond acceptors (Lipinski definition) is 5. The molecule has 5 nitrogen and oxygen atoms in total. The van der Waals surface area contributed by atoms with Gasteiger partial charge in [0.25, 0.3) is 0 Å². The molecular formula is C21H25ClN2O3. The SMILES string of the molecule is OCC[C@@H]1CN(Cc2cc3c(cc2Cl)OCO3)CCN1Cc1ccccc1. The molecule has 6 heteroatoms. The summed E-state index contributed by atoms with van der Waals surface area (Å²) in [6.07, 6.45) is 0.776. The van der Waals surface area contributed by atoms with Gasteiger partial charge >= 0.3 is 0 Å². The van der Waals surface area contributed by atoms with Crippen LogP contribution in [0.25, 0.3) is 0 Å². The van der Waals surface area contributed by atoms with Crippen LogP contribution in [0.1, 0.15) is 17.5 Å². The van der Waals surface area contributed by atoms with Gasteiger partial charge < -0.3 is 14.6 Å². The van der Waals surface area contributed by atoms with Crippen molar-refractivity contribution in [3.63, 3.8) is 0 Å². The van der Waals surface area contributed by atoms with Crippen LogP contribution in [0.3, 0.4) is 0 Å². The second-order valence-corrected chi connectivity index (χ2v) is 7.56. The molecular weight excluding hydrogens is 364 g/mol. The lowest BCUT2D eigenvalue weighted by Gasteiger charge is -2.41. The van der Waals surface area contributed by atoms with Crippen LogP contribution in [0.4, 0.5) is 0 Å². The van der Waals surface area contributed by atoms with E-state index >= 15 is 0 Å². The van der Waals surface area contributed by atoms with Crippen LogP contribution in [0.15, 0.2) is 42.5 Å². The Morgan fingerprint density at radius 1 is 1.04 bits per heavy atom. The predicted octanol–water partition coefficient (Wildman–Crippen LogP) is 3.14. The Balaban J connectivity index is 1.42. The Morgan fingerprint density at radius 2 is 1.81 bits per heavy atom. The van der Waals surface area contributed by atoms with Crippen molar-refractivity contribution in [3.05, 3.63) is 58.6 Å². The first-order valence-corrected chi connectivity index (χ1v) is 9.80. The van der Waals surface area contributed by atoms with Crippen LogP contribution in [0.5, 0.6) is 11.5 Å². The smallest absolute Gasteiger partial charge is 0.231 e. The number of fused-ring (bicyclic) bond motifs is 1. The quantitative estimate of drug-likeness (QED) is 0.823. The Labute approximate surface area is 165 Å². The first kappa shape index (κ1) is 18.6. The highest BCUT2D eigenvalue weighted by atomic mass is 35.5. The van der Waals surface area contributed by atoms with Gasteiger partial charge in [0, 0.05) is 56.5 Å². The number of aliphatic hydroxyl groups excluding tert-OH is 1. The van der Waals surface area contributed by atoms with Crippen molar-refractivity contribution < 1.29 is 14.6 Å². The van der Waals surface area contributed by atoms with Gasteiger partial charge in [-0.05, 0) is 23.6 Å². The minimum atomic E-state index is 0.203. The zero-order valence-corrected chi connectivity index (χ0v) is 16.1. The van der Waals surface area contributed by atoms with Gasteiger partial charge in [-0.1, -0.05) is 41.9 Å². The fourth-order valence-corrected chi connectivity index (χ4v) is 4.08. The summed E-state index contributed by atoms with van der Waals surface area (Å²) in [5.41, 5.74) is 2.37. The molecule has 0 amide bonds. The number of ether oxygens (including phenoxy) is 2. The molecule has 1 fully saturated rings. The summed E-state index contributed by atoms with van der Waals surface area (Å²) in [5.74, 6) is 1.48. The molecule has 2 aromatic rings. The summed E-state index contributed by atoms with van der Waals surface area (Å²) in [6, 6.07) is 14.7. The highest BCUT2D eigenvalue weighted by molar-refractivity contribution is 6.31. The third-order valence-electron chi connectivity index (χ3n) is 5.32. The molecule has 0 aromatic heterocycles. The van der Waals surface area contributed by atoms with E-state index in [2.05, 4.69) is 34.1 Å². The van der Waals surface area contributed by atoms with Gasteiger partial charge in [0.15, 0.2) is 11.5 Å². The molecule has 0 bridgehead atoms. The normalized spacial score (nSPS) is 20.1. The Hall–Kier alpha value is -1.79. The van der Waals surface area contributed by atoms with Crippen molar-refractivity contribution in [1.82, 2.24) is 9.80 Å². The van der Waals surface area contributed by atoms with Gasteiger partial charge in [0.2, 0.25) is 6.79 Å². The van der Waals surface area contributed by atoms with E-state index < -0.39 is 0 Å². The van der Waals surface area contributed by atoms with Crippen LogP contribution in [0, 0.1) is 0 Å². The summed E-state index contributed by atoms with van der Waals surface area (Å²) in [7, 11) is 0. The Bertz CT molecular complexity index is 772. The molecule has 0 spiro atoms. The highest BCUT2D eigenvalue weighted by Crippen LogP contribution is 2.37. The highest BCUT2D eigenvalue weighted by Gasteiger charge is 2.27. The third kappa shape index (κ3) is 4.38. The van der Waals surface area contributed by atoms with Crippen LogP contribution >= 0.6 is 11.6 Å². The molecule has 2 aromatic carbocycles. The topological polar surface area (TPSA) is 45.2 Å². The van der Waals surface area contributed by atoms with Crippen LogP contribution in [-0.2, 0) is 13.1 Å². The van der Waals surface area contributed by atoms with E-state index in [1.807, 2.05) is 18.2 Å². The maximum Gasteiger partial charge on any atom is 0.231 e. The van der Waals surface area contributed by atoms with E-state index in [0.29, 0.717) is 11.1 Å². The standard InChI is InChI=1S/C21H25ClN2O3/c22-19-11-21-20(26-15-27-21)10-17(19)13-23-7-8-24(18(14-23)6-9-25)12-16-4-2-1-3-5-16/h1-5,10-11,18,25H,6-9,12-15H2/t18-/m1/s1. The van der Waals surface area contributed by atoms with E-state index in [1.54, 1.807) is 0 Å². The molecule has 27 heavy (non-hydrogen) atoms. The van der Waals surface area contributed by atoms with Gasteiger partial charge in [-0.2, -0.15) is 0 Å². The van der Waals surface area contributed by atoms with Crippen molar-refractivity contribution in [3.8, 4) is 11.5 Å². The summed E-state index contributed by atoms with van der Waals surface area (Å²) >= 11 is 6.45. The maximum absolute atomic E-state index is 9.53. The monoisotopic (exact) mass is 388 g/mol. The lowest BCUT2D eigenvalue weighted by molar-refractivity contribution is 0.0500. The number of piperazine rings is 1. The summed E-state index contributed by atoms with van der Waals surface area (Å²) in [5, 5.41) is 10.2. The zero-order chi connectivity index (χ0) is 18.6. The molecule has 1 saturated heterocycles. The molecule has 1 N–H and O–H groups in total. The second-order valence-electron chi connectivity index (χ2n) is 7.15. The number of nitrogens with zero attached hydrogens (tertiary/aromatic N) is 2. The maximum atomic E-state index is 9.53. The number of aliphatic hydroxyl groups is 1. The van der Waals surface area contributed by atoms with E-state index in [0.717, 1.165) is 56.2 Å². The van der Waals surface area contributed by atoms with Gasteiger partial charge in [-0.25, -0.2) is 0 Å². The molecule has 0 aliphatic carbocycles. The molecule has 0 unspecified atom stereocenters. The van der Waals surface area contributed by atoms with Crippen LogP contribution in [-0.4, -0.2) is 54.0 Å². The molecule has 2 aliphatic heterocycles. The molecule has 4 rings (SSSR count). The first-order chi connectivity index (χ1) is 13.2. The zero-order valence-electron chi connectivity index (χ0n) is 15.3. The lowest BCUT2D eigenvalue weighted by atomic mass is 10.1. The van der Waals surface area contributed by atoms with Gasteiger partial charge in [0.1, 0.15) is 0 Å². The molecule has 0 saturated carbocycles. The number of rotatable bonds is 6. The van der Waals surface area contributed by atoms with Gasteiger partial charge in [0.05, 0.1) is 0 Å². The predicted molar refractivity (Wildman–Crippen MR) is 105 cm³/mol. The average Bonchev–Trinajstić information content (AvgIpc) is 3.12. The van der Waals surface area contributed by atoms with Gasteiger partial charge in [-0.15, -0.1) is 0 Å². The molecule has 144 valence electrons.